The van der Waals surface area contributed by atoms with E-state index in [4.69, 9.17) is 0 Å². The first-order valence-electron chi connectivity index (χ1n) is 3.19. The van der Waals surface area contributed by atoms with E-state index in [1.807, 2.05) is 11.4 Å². The Labute approximate surface area is 62.9 Å². The minimum Gasteiger partial charge on any atom is -0.348 e. The second-order valence-electron chi connectivity index (χ2n) is 2.34. The second kappa shape index (κ2) is 2.09. The molecule has 2 nitrogen and oxygen atoms in total. The smallest absolute Gasteiger partial charge is 0.222 e. The second-order valence-corrected chi connectivity index (χ2v) is 3.32. The molecule has 0 saturated carbocycles. The average molecular weight is 153 g/mol. The van der Waals surface area contributed by atoms with E-state index in [0.717, 1.165) is 0 Å². The van der Waals surface area contributed by atoms with E-state index in [1.165, 1.54) is 4.88 Å². The monoisotopic (exact) mass is 153 g/mol. The van der Waals surface area contributed by atoms with Crippen molar-refractivity contribution in [3.05, 3.63) is 22.4 Å². The maximum absolute atomic E-state index is 10.5. The summed E-state index contributed by atoms with van der Waals surface area (Å²) in [5.74, 6) is 0.165. The van der Waals surface area contributed by atoms with Crippen LogP contribution in [0.5, 0.6) is 0 Å². The maximum Gasteiger partial charge on any atom is 0.222 e. The third-order valence-electron chi connectivity index (χ3n) is 1.61. The highest BCUT2D eigenvalue weighted by Gasteiger charge is 2.26. The van der Waals surface area contributed by atoms with E-state index in [1.54, 1.807) is 11.3 Å². The van der Waals surface area contributed by atoms with E-state index in [9.17, 15) is 4.79 Å². The zero-order chi connectivity index (χ0) is 6.97. The van der Waals surface area contributed by atoms with Crippen molar-refractivity contribution in [2.75, 3.05) is 0 Å². The lowest BCUT2D eigenvalue weighted by Crippen LogP contribution is -2.40. The standard InChI is InChI=1S/C7H7NOS/c9-7-4-5(8-7)6-2-1-3-10-6/h1-3,5H,4H2,(H,8,9). The normalized spacial score (nSPS) is 23.6. The van der Waals surface area contributed by atoms with Crippen LogP contribution in [0.25, 0.3) is 0 Å². The highest BCUT2D eigenvalue weighted by Crippen LogP contribution is 2.26. The number of hydrogen-bond donors (Lipinski definition) is 1. The zero-order valence-electron chi connectivity index (χ0n) is 5.33. The molecule has 1 saturated heterocycles. The summed E-state index contributed by atoms with van der Waals surface area (Å²) in [6, 6.07) is 4.37. The number of β-lactam (4-membered cyclic amide) rings is 1. The molecule has 52 valence electrons. The van der Waals surface area contributed by atoms with Gasteiger partial charge in [0, 0.05) is 4.88 Å². The van der Waals surface area contributed by atoms with Gasteiger partial charge in [-0.25, -0.2) is 0 Å². The Morgan fingerprint density at radius 1 is 1.70 bits per heavy atom. The van der Waals surface area contributed by atoms with Gasteiger partial charge in [-0.15, -0.1) is 11.3 Å². The van der Waals surface area contributed by atoms with Crippen LogP contribution in [0.4, 0.5) is 0 Å². The van der Waals surface area contributed by atoms with Gasteiger partial charge in [0.05, 0.1) is 12.5 Å². The van der Waals surface area contributed by atoms with Gasteiger partial charge in [0.25, 0.3) is 0 Å². The molecule has 0 aromatic carbocycles. The Balaban J connectivity index is 2.10. The van der Waals surface area contributed by atoms with E-state index < -0.39 is 0 Å². The van der Waals surface area contributed by atoms with Gasteiger partial charge in [0.1, 0.15) is 0 Å². The van der Waals surface area contributed by atoms with Crippen LogP contribution in [0, 0.1) is 0 Å². The summed E-state index contributed by atoms with van der Waals surface area (Å²) >= 11 is 1.69. The zero-order valence-corrected chi connectivity index (χ0v) is 6.15. The number of nitrogens with one attached hydrogen (secondary N) is 1. The van der Waals surface area contributed by atoms with Gasteiger partial charge in [-0.2, -0.15) is 0 Å². The van der Waals surface area contributed by atoms with E-state index in [2.05, 4.69) is 11.4 Å². The van der Waals surface area contributed by atoms with E-state index >= 15 is 0 Å². The predicted octanol–water partition coefficient (Wildman–Crippen LogP) is 1.31. The fourth-order valence-electron chi connectivity index (χ4n) is 1.02. The van der Waals surface area contributed by atoms with Gasteiger partial charge >= 0.3 is 0 Å². The van der Waals surface area contributed by atoms with Crippen LogP contribution >= 0.6 is 11.3 Å². The van der Waals surface area contributed by atoms with Crippen molar-refractivity contribution < 1.29 is 4.79 Å². The summed E-state index contributed by atoms with van der Waals surface area (Å²) < 4.78 is 0. The highest BCUT2D eigenvalue weighted by atomic mass is 32.1. The Morgan fingerprint density at radius 2 is 2.50 bits per heavy atom. The molecule has 1 unspecified atom stereocenters. The van der Waals surface area contributed by atoms with Gasteiger partial charge in [0.15, 0.2) is 0 Å². The molecule has 1 atom stereocenters. The average Bonchev–Trinajstić information content (AvgIpc) is 2.31. The molecule has 0 spiro atoms. The van der Waals surface area contributed by atoms with Crippen molar-refractivity contribution in [2.45, 2.75) is 12.5 Å². The first kappa shape index (κ1) is 5.92. The molecule has 1 fully saturated rings. The predicted molar refractivity (Wildman–Crippen MR) is 39.8 cm³/mol. The summed E-state index contributed by atoms with van der Waals surface area (Å²) in [6.45, 7) is 0. The first-order chi connectivity index (χ1) is 4.86. The summed E-state index contributed by atoms with van der Waals surface area (Å²) in [5, 5.41) is 4.84. The molecule has 0 aliphatic carbocycles. The van der Waals surface area contributed by atoms with E-state index in [0.29, 0.717) is 12.5 Å². The van der Waals surface area contributed by atoms with Crippen molar-refractivity contribution in [2.24, 2.45) is 0 Å². The molecule has 1 amide bonds. The lowest BCUT2D eigenvalue weighted by atomic mass is 10.1. The Hall–Kier alpha value is -0.830. The summed E-state index contributed by atoms with van der Waals surface area (Å²) in [7, 11) is 0. The Bertz CT molecular complexity index is 234. The number of amides is 1. The van der Waals surface area contributed by atoms with Crippen molar-refractivity contribution in [1.82, 2.24) is 5.32 Å². The van der Waals surface area contributed by atoms with Gasteiger partial charge in [-0.05, 0) is 11.4 Å². The molecule has 1 N–H and O–H groups in total. The first-order valence-corrected chi connectivity index (χ1v) is 4.07. The lowest BCUT2D eigenvalue weighted by Gasteiger charge is -2.25. The molecule has 0 radical (unpaired) electrons. The van der Waals surface area contributed by atoms with E-state index in [-0.39, 0.29) is 5.91 Å². The highest BCUT2D eigenvalue weighted by molar-refractivity contribution is 7.10. The topological polar surface area (TPSA) is 29.1 Å². The van der Waals surface area contributed by atoms with Crippen LogP contribution in [0.1, 0.15) is 17.3 Å². The van der Waals surface area contributed by atoms with Gasteiger partial charge < -0.3 is 5.32 Å². The molecule has 2 heterocycles. The fourth-order valence-corrected chi connectivity index (χ4v) is 1.80. The quantitative estimate of drug-likeness (QED) is 0.605. The van der Waals surface area contributed by atoms with Crippen molar-refractivity contribution in [1.29, 1.82) is 0 Å². The molecular weight excluding hydrogens is 146 g/mol. The van der Waals surface area contributed by atoms with Crippen LogP contribution in [-0.4, -0.2) is 5.91 Å². The number of carbonyl (C=O) groups excluding carboxylic acids is 1. The van der Waals surface area contributed by atoms with Crippen molar-refractivity contribution in [3.8, 4) is 0 Å². The lowest BCUT2D eigenvalue weighted by molar-refractivity contribution is -0.128. The SMILES string of the molecule is O=C1CC(c2cccs2)N1. The number of rotatable bonds is 1. The molecule has 1 aliphatic rings. The molecular formula is C7H7NOS. The molecule has 3 heteroatoms. The number of hydrogen-bond acceptors (Lipinski definition) is 2. The molecule has 2 rings (SSSR count). The molecule has 1 aromatic rings. The third kappa shape index (κ3) is 0.827. The number of carbonyl (C=O) groups is 1. The van der Waals surface area contributed by atoms with Gasteiger partial charge in [0.2, 0.25) is 5.91 Å². The Morgan fingerprint density at radius 3 is 3.00 bits per heavy atom. The van der Waals surface area contributed by atoms with Crippen LogP contribution in [0.3, 0.4) is 0 Å². The Kier molecular flexibility index (Phi) is 1.24. The minimum absolute atomic E-state index is 0.165. The van der Waals surface area contributed by atoms with Gasteiger partial charge in [-0.1, -0.05) is 6.07 Å². The van der Waals surface area contributed by atoms with Crippen molar-refractivity contribution in [3.63, 3.8) is 0 Å². The summed E-state index contributed by atoms with van der Waals surface area (Å²) in [6.07, 6.45) is 0.667. The number of thiophene rings is 1. The molecule has 1 aliphatic heterocycles. The third-order valence-corrected chi connectivity index (χ3v) is 2.60. The summed E-state index contributed by atoms with van der Waals surface area (Å²) in [4.78, 5) is 11.8. The minimum atomic E-state index is 0.165. The fraction of sp³-hybridized carbons (Fsp3) is 0.286. The molecule has 0 bridgehead atoms. The van der Waals surface area contributed by atoms with Crippen LogP contribution < -0.4 is 5.32 Å². The summed E-state index contributed by atoms with van der Waals surface area (Å²) in [5.41, 5.74) is 0. The molecule has 10 heavy (non-hydrogen) atoms. The largest absolute Gasteiger partial charge is 0.348 e. The molecule has 1 aromatic heterocycles. The van der Waals surface area contributed by atoms with Crippen LogP contribution in [0.2, 0.25) is 0 Å². The maximum atomic E-state index is 10.5. The van der Waals surface area contributed by atoms with Crippen LogP contribution in [0.15, 0.2) is 17.5 Å². The van der Waals surface area contributed by atoms with Gasteiger partial charge in [-0.3, -0.25) is 4.79 Å². The van der Waals surface area contributed by atoms with Crippen molar-refractivity contribution >= 4 is 17.2 Å². The van der Waals surface area contributed by atoms with Crippen LogP contribution in [-0.2, 0) is 4.79 Å².